The first-order valence-corrected chi connectivity index (χ1v) is 10.8. The van der Waals surface area contributed by atoms with Crippen molar-refractivity contribution in [3.63, 3.8) is 0 Å². The maximum Gasteiger partial charge on any atom is 0.251 e. The van der Waals surface area contributed by atoms with Crippen molar-refractivity contribution < 1.29 is 13.2 Å². The number of hydrogen-bond donors (Lipinski definition) is 2. The van der Waals surface area contributed by atoms with E-state index < -0.39 is 15.9 Å². The highest BCUT2D eigenvalue weighted by Crippen LogP contribution is 2.25. The molecule has 2 aromatic rings. The van der Waals surface area contributed by atoms with E-state index in [1.54, 1.807) is 19.1 Å². The van der Waals surface area contributed by atoms with Gasteiger partial charge in [0.15, 0.2) is 9.84 Å². The normalized spacial score (nSPS) is 13.9. The van der Waals surface area contributed by atoms with E-state index in [1.807, 2.05) is 43.3 Å². The van der Waals surface area contributed by atoms with Crippen molar-refractivity contribution in [1.82, 2.24) is 5.32 Å². The van der Waals surface area contributed by atoms with Gasteiger partial charge in [-0.25, -0.2) is 8.42 Å². The minimum absolute atomic E-state index is 0.0135. The Hall–Kier alpha value is -2.31. The molecule has 7 heteroatoms. The second-order valence-electron chi connectivity index (χ2n) is 6.39. The van der Waals surface area contributed by atoms with Crippen LogP contribution in [0.25, 0.3) is 0 Å². The largest absolute Gasteiger partial charge is 0.378 e. The Morgan fingerprint density at radius 1 is 1.07 bits per heavy atom. The molecule has 0 aliphatic heterocycles. The van der Waals surface area contributed by atoms with Gasteiger partial charge in [-0.05, 0) is 49.7 Å². The molecule has 0 aliphatic carbocycles. The van der Waals surface area contributed by atoms with E-state index in [0.717, 1.165) is 22.9 Å². The molecule has 0 spiro atoms. The lowest BCUT2D eigenvalue weighted by Crippen LogP contribution is -2.31. The number of amides is 1. The Morgan fingerprint density at radius 2 is 1.70 bits per heavy atom. The molecule has 0 aliphatic rings. The van der Waals surface area contributed by atoms with Crippen molar-refractivity contribution >= 4 is 33.0 Å². The summed E-state index contributed by atoms with van der Waals surface area (Å²) in [4.78, 5) is 12.2. The van der Waals surface area contributed by atoms with Crippen LogP contribution in [0.2, 0.25) is 5.02 Å². The molecule has 0 aromatic heterocycles. The van der Waals surface area contributed by atoms with Gasteiger partial charge in [-0.2, -0.15) is 0 Å². The molecule has 0 saturated heterocycles. The van der Waals surface area contributed by atoms with Crippen LogP contribution in [0.4, 0.5) is 5.69 Å². The number of carbonyl (C=O) groups excluding carboxylic acids is 1. The highest BCUT2D eigenvalue weighted by atomic mass is 35.5. The van der Waals surface area contributed by atoms with Crippen LogP contribution in [0.1, 0.15) is 35.8 Å². The molecule has 2 rings (SSSR count). The molecule has 144 valence electrons. The first-order chi connectivity index (χ1) is 12.7. The van der Waals surface area contributed by atoms with Gasteiger partial charge in [0.05, 0.1) is 0 Å². The first kappa shape index (κ1) is 21.0. The molecule has 0 bridgehead atoms. The summed E-state index contributed by atoms with van der Waals surface area (Å²) >= 11 is 6.22. The summed E-state index contributed by atoms with van der Waals surface area (Å²) in [7, 11) is -3.21. The lowest BCUT2D eigenvalue weighted by Gasteiger charge is -2.17. The van der Waals surface area contributed by atoms with Crippen LogP contribution < -0.4 is 10.6 Å². The fraction of sp³-hybridized carbons (Fsp3) is 0.250. The van der Waals surface area contributed by atoms with Crippen molar-refractivity contribution in [3.05, 3.63) is 76.2 Å². The SMILES string of the molecule is C[C@H](/C=C/S(C)(=O)=O)NC(=O)c1ccc(N[C@@H](C)c2ccccc2Cl)cc1. The fourth-order valence-electron chi connectivity index (χ4n) is 2.47. The number of halogens is 1. The second-order valence-corrected chi connectivity index (χ2v) is 8.72. The molecule has 0 radical (unpaired) electrons. The van der Waals surface area contributed by atoms with Gasteiger partial charge in [0, 0.05) is 40.0 Å². The molecule has 0 unspecified atom stereocenters. The average molecular weight is 407 g/mol. The average Bonchev–Trinajstić information content (AvgIpc) is 2.60. The van der Waals surface area contributed by atoms with E-state index in [4.69, 9.17) is 11.6 Å². The quantitative estimate of drug-likeness (QED) is 0.722. The Kier molecular flexibility index (Phi) is 7.05. The molecule has 2 atom stereocenters. The minimum Gasteiger partial charge on any atom is -0.378 e. The smallest absolute Gasteiger partial charge is 0.251 e. The zero-order valence-corrected chi connectivity index (χ0v) is 17.0. The van der Waals surface area contributed by atoms with Gasteiger partial charge >= 0.3 is 0 Å². The van der Waals surface area contributed by atoms with E-state index in [-0.39, 0.29) is 11.9 Å². The van der Waals surface area contributed by atoms with Gasteiger partial charge in [-0.15, -0.1) is 0 Å². The van der Waals surface area contributed by atoms with E-state index in [0.29, 0.717) is 10.6 Å². The molecule has 5 nitrogen and oxygen atoms in total. The van der Waals surface area contributed by atoms with Crippen LogP contribution in [0.3, 0.4) is 0 Å². The molecule has 1 amide bonds. The van der Waals surface area contributed by atoms with Crippen LogP contribution in [0, 0.1) is 0 Å². The number of carbonyl (C=O) groups is 1. The van der Waals surface area contributed by atoms with Gasteiger partial charge in [-0.1, -0.05) is 35.9 Å². The lowest BCUT2D eigenvalue weighted by atomic mass is 10.1. The molecule has 2 N–H and O–H groups in total. The van der Waals surface area contributed by atoms with Gasteiger partial charge in [0.2, 0.25) is 0 Å². The van der Waals surface area contributed by atoms with Crippen molar-refractivity contribution in [1.29, 1.82) is 0 Å². The van der Waals surface area contributed by atoms with Crippen LogP contribution in [0.5, 0.6) is 0 Å². The molecular formula is C20H23ClN2O3S. The van der Waals surface area contributed by atoms with Gasteiger partial charge in [0.25, 0.3) is 5.91 Å². The van der Waals surface area contributed by atoms with Crippen LogP contribution >= 0.6 is 11.6 Å². The van der Waals surface area contributed by atoms with Gasteiger partial charge < -0.3 is 10.6 Å². The van der Waals surface area contributed by atoms with E-state index in [9.17, 15) is 13.2 Å². The number of nitrogens with one attached hydrogen (secondary N) is 2. The van der Waals surface area contributed by atoms with Crippen LogP contribution in [-0.2, 0) is 9.84 Å². The zero-order valence-electron chi connectivity index (χ0n) is 15.4. The van der Waals surface area contributed by atoms with Crippen molar-refractivity contribution in [2.45, 2.75) is 25.9 Å². The summed E-state index contributed by atoms with van der Waals surface area (Å²) in [5.41, 5.74) is 2.35. The fourth-order valence-corrected chi connectivity index (χ4v) is 3.29. The monoisotopic (exact) mass is 406 g/mol. The van der Waals surface area contributed by atoms with Gasteiger partial charge in [0.1, 0.15) is 0 Å². The van der Waals surface area contributed by atoms with Gasteiger partial charge in [-0.3, -0.25) is 4.79 Å². The predicted octanol–water partition coefficient (Wildman–Crippen LogP) is 4.19. The Morgan fingerprint density at radius 3 is 2.30 bits per heavy atom. The summed E-state index contributed by atoms with van der Waals surface area (Å²) in [5.74, 6) is -0.272. The number of hydrogen-bond acceptors (Lipinski definition) is 4. The maximum absolute atomic E-state index is 12.2. The van der Waals surface area contributed by atoms with Crippen molar-refractivity contribution in [2.24, 2.45) is 0 Å². The molecule has 27 heavy (non-hydrogen) atoms. The third kappa shape index (κ3) is 6.73. The zero-order chi connectivity index (χ0) is 20.0. The number of anilines is 1. The van der Waals surface area contributed by atoms with Crippen LogP contribution in [0.15, 0.2) is 60.0 Å². The lowest BCUT2D eigenvalue weighted by molar-refractivity contribution is 0.0947. The molecule has 0 saturated carbocycles. The summed E-state index contributed by atoms with van der Waals surface area (Å²) in [5, 5.41) is 7.87. The number of benzene rings is 2. The third-order valence-corrected chi connectivity index (χ3v) is 4.87. The summed E-state index contributed by atoms with van der Waals surface area (Å²) in [6.07, 6.45) is 2.54. The highest BCUT2D eigenvalue weighted by molar-refractivity contribution is 7.93. The minimum atomic E-state index is -3.21. The van der Waals surface area contributed by atoms with Crippen LogP contribution in [-0.4, -0.2) is 26.6 Å². The Balaban J connectivity index is 1.99. The number of rotatable bonds is 7. The summed E-state index contributed by atoms with van der Waals surface area (Å²) < 4.78 is 22.3. The van der Waals surface area contributed by atoms with E-state index in [1.165, 1.54) is 6.08 Å². The summed E-state index contributed by atoms with van der Waals surface area (Å²) in [6, 6.07) is 14.3. The van der Waals surface area contributed by atoms with Crippen molar-refractivity contribution in [2.75, 3.05) is 11.6 Å². The molecule has 0 heterocycles. The predicted molar refractivity (Wildman–Crippen MR) is 111 cm³/mol. The van der Waals surface area contributed by atoms with Crippen molar-refractivity contribution in [3.8, 4) is 0 Å². The maximum atomic E-state index is 12.2. The second kappa shape index (κ2) is 9.06. The Labute approximate surface area is 165 Å². The highest BCUT2D eigenvalue weighted by Gasteiger charge is 2.11. The molecule has 2 aromatic carbocycles. The molecular weight excluding hydrogens is 384 g/mol. The standard InChI is InChI=1S/C20H23ClN2O3S/c1-14(12-13-27(3,25)26)22-20(24)16-8-10-17(11-9-16)23-15(2)18-6-4-5-7-19(18)21/h4-15,23H,1-3H3,(H,22,24)/b13-12+/t14-,15+/m1/s1. The third-order valence-electron chi connectivity index (χ3n) is 3.88. The summed E-state index contributed by atoms with van der Waals surface area (Å²) in [6.45, 7) is 3.72. The Bertz CT molecular complexity index is 924. The molecule has 0 fully saturated rings. The van der Waals surface area contributed by atoms with E-state index in [2.05, 4.69) is 10.6 Å². The first-order valence-electron chi connectivity index (χ1n) is 8.46. The van der Waals surface area contributed by atoms with E-state index >= 15 is 0 Å². The number of sulfone groups is 1. The topological polar surface area (TPSA) is 75.3 Å².